The third-order valence-electron chi connectivity index (χ3n) is 3.15. The van der Waals surface area contributed by atoms with Crippen molar-refractivity contribution in [1.82, 2.24) is 4.90 Å². The van der Waals surface area contributed by atoms with Gasteiger partial charge in [-0.25, -0.2) is 0 Å². The first-order chi connectivity index (χ1) is 8.78. The Morgan fingerprint density at radius 1 is 1.17 bits per heavy atom. The molecule has 1 aliphatic rings. The number of hydrogen-bond donors (Lipinski definition) is 1. The van der Waals surface area contributed by atoms with Crippen LogP contribution >= 0.6 is 0 Å². The highest BCUT2D eigenvalue weighted by atomic mass is 16.2. The van der Waals surface area contributed by atoms with Gasteiger partial charge in [0.25, 0.3) is 0 Å². The molecular formula is C14H18N2O2. The molecule has 0 unspecified atom stereocenters. The molecule has 0 aliphatic carbocycles. The second-order valence-electron chi connectivity index (χ2n) is 4.62. The first-order valence-electron chi connectivity index (χ1n) is 6.35. The molecule has 1 heterocycles. The molecule has 18 heavy (non-hydrogen) atoms. The summed E-state index contributed by atoms with van der Waals surface area (Å²) >= 11 is 0. The Hall–Kier alpha value is -1.68. The van der Waals surface area contributed by atoms with Gasteiger partial charge in [-0.3, -0.25) is 14.5 Å². The third-order valence-corrected chi connectivity index (χ3v) is 3.15. The minimum Gasteiger partial charge on any atom is -0.325 e. The molecular weight excluding hydrogens is 228 g/mol. The lowest BCUT2D eigenvalue weighted by Crippen LogP contribution is -2.36. The van der Waals surface area contributed by atoms with E-state index in [2.05, 4.69) is 10.2 Å². The Balaban J connectivity index is 1.83. The SMILES string of the molecule is O=Cc1ccc(NC(=O)CN2CCCCC2)cc1. The highest BCUT2D eigenvalue weighted by Crippen LogP contribution is 2.10. The minimum absolute atomic E-state index is 0.00996. The maximum absolute atomic E-state index is 11.8. The number of anilines is 1. The summed E-state index contributed by atoms with van der Waals surface area (Å²) in [7, 11) is 0. The van der Waals surface area contributed by atoms with Gasteiger partial charge in [0.2, 0.25) is 5.91 Å². The van der Waals surface area contributed by atoms with E-state index in [1.807, 2.05) is 0 Å². The van der Waals surface area contributed by atoms with E-state index in [1.165, 1.54) is 19.3 Å². The molecule has 1 fully saturated rings. The van der Waals surface area contributed by atoms with E-state index in [0.717, 1.165) is 25.1 Å². The average Bonchev–Trinajstić information content (AvgIpc) is 2.40. The fraction of sp³-hybridized carbons (Fsp3) is 0.429. The lowest BCUT2D eigenvalue weighted by Gasteiger charge is -2.25. The zero-order valence-electron chi connectivity index (χ0n) is 10.4. The number of hydrogen-bond acceptors (Lipinski definition) is 3. The predicted octanol–water partition coefficient (Wildman–Crippen LogP) is 1.92. The van der Waals surface area contributed by atoms with Gasteiger partial charge >= 0.3 is 0 Å². The van der Waals surface area contributed by atoms with Crippen molar-refractivity contribution in [3.05, 3.63) is 29.8 Å². The molecule has 1 aromatic carbocycles. The zero-order valence-corrected chi connectivity index (χ0v) is 10.4. The highest BCUT2D eigenvalue weighted by molar-refractivity contribution is 5.92. The van der Waals surface area contributed by atoms with Crippen molar-refractivity contribution in [3.63, 3.8) is 0 Å². The van der Waals surface area contributed by atoms with Crippen molar-refractivity contribution in [3.8, 4) is 0 Å². The van der Waals surface area contributed by atoms with Gasteiger partial charge < -0.3 is 5.32 Å². The van der Waals surface area contributed by atoms with Gasteiger partial charge in [0.15, 0.2) is 0 Å². The predicted molar refractivity (Wildman–Crippen MR) is 70.8 cm³/mol. The summed E-state index contributed by atoms with van der Waals surface area (Å²) in [5, 5.41) is 2.84. The number of piperidine rings is 1. The molecule has 4 nitrogen and oxygen atoms in total. The Kier molecular flexibility index (Phi) is 4.47. The Bertz CT molecular complexity index is 408. The quantitative estimate of drug-likeness (QED) is 0.826. The van der Waals surface area contributed by atoms with Gasteiger partial charge in [-0.2, -0.15) is 0 Å². The molecule has 0 aromatic heterocycles. The maximum atomic E-state index is 11.8. The first-order valence-corrected chi connectivity index (χ1v) is 6.35. The van der Waals surface area contributed by atoms with E-state index < -0.39 is 0 Å². The molecule has 0 radical (unpaired) electrons. The van der Waals surface area contributed by atoms with Crippen LogP contribution in [0.5, 0.6) is 0 Å². The molecule has 2 rings (SSSR count). The van der Waals surface area contributed by atoms with Crippen molar-refractivity contribution in [2.75, 3.05) is 25.0 Å². The second-order valence-corrected chi connectivity index (χ2v) is 4.62. The number of benzene rings is 1. The van der Waals surface area contributed by atoms with Gasteiger partial charge in [-0.05, 0) is 50.2 Å². The molecule has 4 heteroatoms. The third kappa shape index (κ3) is 3.67. The number of carbonyl (C=O) groups excluding carboxylic acids is 2. The van der Waals surface area contributed by atoms with Crippen molar-refractivity contribution < 1.29 is 9.59 Å². The van der Waals surface area contributed by atoms with E-state index in [4.69, 9.17) is 0 Å². The van der Waals surface area contributed by atoms with Crippen LogP contribution in [-0.2, 0) is 4.79 Å². The number of aldehydes is 1. The smallest absolute Gasteiger partial charge is 0.238 e. The summed E-state index contributed by atoms with van der Waals surface area (Å²) in [6, 6.07) is 6.89. The Labute approximate surface area is 107 Å². The van der Waals surface area contributed by atoms with Gasteiger partial charge in [0.05, 0.1) is 6.54 Å². The van der Waals surface area contributed by atoms with Crippen molar-refractivity contribution in [2.45, 2.75) is 19.3 Å². The molecule has 1 aromatic rings. The Morgan fingerprint density at radius 2 is 1.83 bits per heavy atom. The molecule has 1 N–H and O–H groups in total. The van der Waals surface area contributed by atoms with Gasteiger partial charge in [0.1, 0.15) is 6.29 Å². The van der Waals surface area contributed by atoms with Crippen LogP contribution in [0.3, 0.4) is 0 Å². The number of nitrogens with zero attached hydrogens (tertiary/aromatic N) is 1. The molecule has 0 bridgehead atoms. The van der Waals surface area contributed by atoms with Crippen LogP contribution in [0.4, 0.5) is 5.69 Å². The summed E-state index contributed by atoms with van der Waals surface area (Å²) in [6.07, 6.45) is 4.42. The molecule has 1 amide bonds. The van der Waals surface area contributed by atoms with Crippen LogP contribution in [0.25, 0.3) is 0 Å². The minimum atomic E-state index is 0.00996. The van der Waals surface area contributed by atoms with Crippen LogP contribution in [0.1, 0.15) is 29.6 Å². The topological polar surface area (TPSA) is 49.4 Å². The Morgan fingerprint density at radius 3 is 2.44 bits per heavy atom. The number of carbonyl (C=O) groups is 2. The van der Waals surface area contributed by atoms with Crippen LogP contribution in [0.15, 0.2) is 24.3 Å². The van der Waals surface area contributed by atoms with E-state index in [1.54, 1.807) is 24.3 Å². The second kappa shape index (κ2) is 6.31. The highest BCUT2D eigenvalue weighted by Gasteiger charge is 2.13. The standard InChI is InChI=1S/C14H18N2O2/c17-11-12-4-6-13(7-5-12)15-14(18)10-16-8-2-1-3-9-16/h4-7,11H,1-3,8-10H2,(H,15,18). The molecule has 0 atom stereocenters. The van der Waals surface area contributed by atoms with Crippen LogP contribution in [0.2, 0.25) is 0 Å². The monoisotopic (exact) mass is 246 g/mol. The van der Waals surface area contributed by atoms with Crippen LogP contribution in [-0.4, -0.2) is 36.7 Å². The fourth-order valence-electron chi connectivity index (χ4n) is 2.17. The normalized spacial score (nSPS) is 16.2. The summed E-state index contributed by atoms with van der Waals surface area (Å²) in [4.78, 5) is 24.5. The van der Waals surface area contributed by atoms with E-state index in [9.17, 15) is 9.59 Å². The van der Waals surface area contributed by atoms with Gasteiger partial charge in [-0.1, -0.05) is 6.42 Å². The van der Waals surface area contributed by atoms with Crippen LogP contribution < -0.4 is 5.32 Å². The largest absolute Gasteiger partial charge is 0.325 e. The average molecular weight is 246 g/mol. The van der Waals surface area contributed by atoms with Crippen molar-refractivity contribution in [1.29, 1.82) is 0 Å². The van der Waals surface area contributed by atoms with Crippen molar-refractivity contribution in [2.24, 2.45) is 0 Å². The number of likely N-dealkylation sites (tertiary alicyclic amines) is 1. The lowest BCUT2D eigenvalue weighted by molar-refractivity contribution is -0.117. The molecule has 0 spiro atoms. The summed E-state index contributed by atoms with van der Waals surface area (Å²) in [5.74, 6) is 0.00996. The molecule has 1 aliphatic heterocycles. The lowest BCUT2D eigenvalue weighted by atomic mass is 10.1. The number of rotatable bonds is 4. The molecule has 1 saturated heterocycles. The summed E-state index contributed by atoms with van der Waals surface area (Å²) in [6.45, 7) is 2.48. The summed E-state index contributed by atoms with van der Waals surface area (Å²) < 4.78 is 0. The molecule has 0 saturated carbocycles. The van der Waals surface area contributed by atoms with Gasteiger partial charge in [0, 0.05) is 11.3 Å². The van der Waals surface area contributed by atoms with Gasteiger partial charge in [-0.15, -0.1) is 0 Å². The zero-order chi connectivity index (χ0) is 12.8. The number of amides is 1. The molecule has 96 valence electrons. The number of nitrogens with one attached hydrogen (secondary N) is 1. The fourth-order valence-corrected chi connectivity index (χ4v) is 2.17. The van der Waals surface area contributed by atoms with Crippen molar-refractivity contribution >= 4 is 17.9 Å². The van der Waals surface area contributed by atoms with E-state index in [-0.39, 0.29) is 5.91 Å². The first kappa shape index (κ1) is 12.8. The maximum Gasteiger partial charge on any atom is 0.238 e. The van der Waals surface area contributed by atoms with E-state index >= 15 is 0 Å². The summed E-state index contributed by atoms with van der Waals surface area (Å²) in [5.41, 5.74) is 1.35. The van der Waals surface area contributed by atoms with E-state index in [0.29, 0.717) is 12.1 Å². The van der Waals surface area contributed by atoms with Crippen LogP contribution in [0, 0.1) is 0 Å².